The van der Waals surface area contributed by atoms with Gasteiger partial charge in [0.15, 0.2) is 0 Å². The van der Waals surface area contributed by atoms with Gasteiger partial charge < -0.3 is 4.90 Å². The number of benzene rings is 2. The zero-order valence-electron chi connectivity index (χ0n) is 16.8. The molecule has 0 saturated carbocycles. The molecule has 29 heavy (non-hydrogen) atoms. The summed E-state index contributed by atoms with van der Waals surface area (Å²) in [7, 11) is 0. The van der Waals surface area contributed by atoms with E-state index in [2.05, 4.69) is 29.2 Å². The van der Waals surface area contributed by atoms with Crippen LogP contribution in [0.3, 0.4) is 0 Å². The van der Waals surface area contributed by atoms with Gasteiger partial charge in [0.25, 0.3) is 11.6 Å². The van der Waals surface area contributed by atoms with Gasteiger partial charge in [-0.05, 0) is 50.8 Å². The summed E-state index contributed by atoms with van der Waals surface area (Å²) in [5.41, 5.74) is 2.22. The molecule has 152 valence electrons. The average Bonchev–Trinajstić information content (AvgIpc) is 3.37. The summed E-state index contributed by atoms with van der Waals surface area (Å²) < 4.78 is 0. The number of rotatable bonds is 5. The minimum Gasteiger partial charge on any atom is -0.334 e. The van der Waals surface area contributed by atoms with E-state index in [4.69, 9.17) is 0 Å². The lowest BCUT2D eigenvalue weighted by atomic mass is 10.0. The Labute approximate surface area is 171 Å². The predicted molar refractivity (Wildman–Crippen MR) is 112 cm³/mol. The number of nitro groups is 1. The van der Waals surface area contributed by atoms with E-state index in [9.17, 15) is 14.9 Å². The second-order valence-corrected chi connectivity index (χ2v) is 8.08. The molecule has 0 aromatic heterocycles. The van der Waals surface area contributed by atoms with E-state index >= 15 is 0 Å². The Bertz CT molecular complexity index is 899. The Morgan fingerprint density at radius 3 is 2.52 bits per heavy atom. The third-order valence-corrected chi connectivity index (χ3v) is 6.38. The molecule has 4 rings (SSSR count). The van der Waals surface area contributed by atoms with Gasteiger partial charge in [-0.3, -0.25) is 19.8 Å². The first-order valence-electron chi connectivity index (χ1n) is 10.4. The standard InChI is InChI=1S/C23H27N3O3/c1-17-19(10-5-11-20(17)26(28)29)23(27)25-15-7-13-22(25)21-12-6-14-24(21)16-18-8-3-2-4-9-18/h2-5,8-11,21-22H,6-7,12-16H2,1H3/t21-,22-/m0/s1. The van der Waals surface area contributed by atoms with Crippen LogP contribution >= 0.6 is 0 Å². The van der Waals surface area contributed by atoms with Crippen LogP contribution in [0.15, 0.2) is 48.5 Å². The Kier molecular flexibility index (Phi) is 5.62. The molecule has 2 aliphatic rings. The van der Waals surface area contributed by atoms with Crippen LogP contribution < -0.4 is 0 Å². The summed E-state index contributed by atoms with van der Waals surface area (Å²) in [6.07, 6.45) is 4.22. The SMILES string of the molecule is Cc1c(C(=O)N2CCC[C@H]2[C@@H]2CCCN2Cc2ccccc2)cccc1[N+](=O)[O-]. The topological polar surface area (TPSA) is 66.7 Å². The van der Waals surface area contributed by atoms with Crippen molar-refractivity contribution in [3.8, 4) is 0 Å². The van der Waals surface area contributed by atoms with Crippen molar-refractivity contribution in [3.63, 3.8) is 0 Å². The van der Waals surface area contributed by atoms with Gasteiger partial charge in [0, 0.05) is 42.4 Å². The summed E-state index contributed by atoms with van der Waals surface area (Å²) in [4.78, 5) is 28.7. The third kappa shape index (κ3) is 3.90. The van der Waals surface area contributed by atoms with E-state index in [1.54, 1.807) is 19.1 Å². The molecule has 2 saturated heterocycles. The number of nitro benzene ring substituents is 1. The zero-order valence-corrected chi connectivity index (χ0v) is 16.8. The van der Waals surface area contributed by atoms with E-state index in [1.165, 1.54) is 11.6 Å². The molecule has 0 aliphatic carbocycles. The minimum atomic E-state index is -0.411. The summed E-state index contributed by atoms with van der Waals surface area (Å²) in [5.74, 6) is -0.0692. The lowest BCUT2D eigenvalue weighted by molar-refractivity contribution is -0.385. The molecule has 2 fully saturated rings. The maximum absolute atomic E-state index is 13.4. The molecule has 6 heteroatoms. The van der Waals surface area contributed by atoms with Gasteiger partial charge in [0.1, 0.15) is 0 Å². The van der Waals surface area contributed by atoms with E-state index < -0.39 is 4.92 Å². The molecule has 0 unspecified atom stereocenters. The van der Waals surface area contributed by atoms with Crippen LogP contribution in [0.1, 0.15) is 47.2 Å². The second kappa shape index (κ2) is 8.33. The summed E-state index contributed by atoms with van der Waals surface area (Å²) in [5, 5.41) is 11.3. The van der Waals surface area contributed by atoms with Gasteiger partial charge in [0.05, 0.1) is 4.92 Å². The highest BCUT2D eigenvalue weighted by Gasteiger charge is 2.40. The number of amides is 1. The first kappa shape index (κ1) is 19.6. The molecule has 2 aromatic rings. The van der Waals surface area contributed by atoms with Crippen molar-refractivity contribution in [2.24, 2.45) is 0 Å². The number of carbonyl (C=O) groups excluding carboxylic acids is 1. The molecule has 0 bridgehead atoms. The maximum Gasteiger partial charge on any atom is 0.273 e. The highest BCUT2D eigenvalue weighted by atomic mass is 16.6. The number of carbonyl (C=O) groups is 1. The van der Waals surface area contributed by atoms with Crippen molar-refractivity contribution in [1.82, 2.24) is 9.80 Å². The van der Waals surface area contributed by atoms with Gasteiger partial charge in [-0.15, -0.1) is 0 Å². The molecule has 2 heterocycles. The molecule has 0 spiro atoms. The van der Waals surface area contributed by atoms with Crippen molar-refractivity contribution in [1.29, 1.82) is 0 Å². The molecular weight excluding hydrogens is 366 g/mol. The van der Waals surface area contributed by atoms with Crippen molar-refractivity contribution < 1.29 is 9.72 Å². The second-order valence-electron chi connectivity index (χ2n) is 8.08. The number of likely N-dealkylation sites (tertiary alicyclic amines) is 2. The molecule has 1 amide bonds. The van der Waals surface area contributed by atoms with Crippen LogP contribution in [-0.4, -0.2) is 45.8 Å². The fraction of sp³-hybridized carbons (Fsp3) is 0.435. The smallest absolute Gasteiger partial charge is 0.273 e. The number of nitrogens with zero attached hydrogens (tertiary/aromatic N) is 3. The largest absolute Gasteiger partial charge is 0.334 e. The van der Waals surface area contributed by atoms with Crippen molar-refractivity contribution in [2.75, 3.05) is 13.1 Å². The van der Waals surface area contributed by atoms with E-state index in [0.29, 0.717) is 17.2 Å². The fourth-order valence-corrected chi connectivity index (χ4v) is 4.95. The molecule has 2 aliphatic heterocycles. The number of hydrogen-bond donors (Lipinski definition) is 0. The lowest BCUT2D eigenvalue weighted by Gasteiger charge is -2.35. The Morgan fingerprint density at radius 2 is 1.76 bits per heavy atom. The molecule has 0 radical (unpaired) electrons. The van der Waals surface area contributed by atoms with Crippen LogP contribution in [0.4, 0.5) is 5.69 Å². The van der Waals surface area contributed by atoms with Crippen LogP contribution in [0.25, 0.3) is 0 Å². The predicted octanol–water partition coefficient (Wildman–Crippen LogP) is 4.17. The summed E-state index contributed by atoms with van der Waals surface area (Å²) in [6.45, 7) is 4.35. The van der Waals surface area contributed by atoms with Crippen LogP contribution in [0, 0.1) is 17.0 Å². The van der Waals surface area contributed by atoms with Gasteiger partial charge in [-0.1, -0.05) is 36.4 Å². The van der Waals surface area contributed by atoms with Crippen LogP contribution in [0.5, 0.6) is 0 Å². The molecule has 2 aromatic carbocycles. The van der Waals surface area contributed by atoms with Gasteiger partial charge in [0.2, 0.25) is 0 Å². The molecule has 6 nitrogen and oxygen atoms in total. The zero-order chi connectivity index (χ0) is 20.4. The van der Waals surface area contributed by atoms with E-state index in [0.717, 1.165) is 45.3 Å². The first-order chi connectivity index (χ1) is 14.1. The Hall–Kier alpha value is -2.73. The molecular formula is C23H27N3O3. The van der Waals surface area contributed by atoms with Crippen molar-refractivity contribution in [2.45, 2.75) is 51.2 Å². The Balaban J connectivity index is 1.55. The molecule has 2 atom stereocenters. The first-order valence-corrected chi connectivity index (χ1v) is 10.4. The number of hydrogen-bond acceptors (Lipinski definition) is 4. The highest BCUT2D eigenvalue weighted by Crippen LogP contribution is 2.33. The Morgan fingerprint density at radius 1 is 1.03 bits per heavy atom. The van der Waals surface area contributed by atoms with Gasteiger partial charge >= 0.3 is 0 Å². The normalized spacial score (nSPS) is 22.2. The third-order valence-electron chi connectivity index (χ3n) is 6.38. The van der Waals surface area contributed by atoms with Crippen molar-refractivity contribution in [3.05, 3.63) is 75.3 Å². The van der Waals surface area contributed by atoms with E-state index in [1.807, 2.05) is 11.0 Å². The summed E-state index contributed by atoms with van der Waals surface area (Å²) in [6, 6.07) is 15.8. The average molecular weight is 393 g/mol. The fourth-order valence-electron chi connectivity index (χ4n) is 4.95. The maximum atomic E-state index is 13.4. The van der Waals surface area contributed by atoms with E-state index in [-0.39, 0.29) is 17.6 Å². The lowest BCUT2D eigenvalue weighted by Crippen LogP contribution is -2.48. The minimum absolute atomic E-state index is 0.0122. The van der Waals surface area contributed by atoms with Gasteiger partial charge in [-0.25, -0.2) is 0 Å². The quantitative estimate of drug-likeness (QED) is 0.565. The monoisotopic (exact) mass is 393 g/mol. The highest BCUT2D eigenvalue weighted by molar-refractivity contribution is 5.97. The van der Waals surface area contributed by atoms with Crippen LogP contribution in [-0.2, 0) is 6.54 Å². The summed E-state index contributed by atoms with van der Waals surface area (Å²) >= 11 is 0. The van der Waals surface area contributed by atoms with Crippen LogP contribution in [0.2, 0.25) is 0 Å². The molecule has 0 N–H and O–H groups in total. The van der Waals surface area contributed by atoms with Crippen molar-refractivity contribution >= 4 is 11.6 Å². The van der Waals surface area contributed by atoms with Gasteiger partial charge in [-0.2, -0.15) is 0 Å².